The number of amides is 2. The number of carbonyl (C=O) groups excluding carboxylic acids is 2. The van der Waals surface area contributed by atoms with Gasteiger partial charge in [-0.1, -0.05) is 91.0 Å². The first-order chi connectivity index (χ1) is 17.5. The summed E-state index contributed by atoms with van der Waals surface area (Å²) in [7, 11) is 0. The molecule has 2 amide bonds. The van der Waals surface area contributed by atoms with Crippen LogP contribution < -0.4 is 0 Å². The van der Waals surface area contributed by atoms with E-state index in [2.05, 4.69) is 12.1 Å². The van der Waals surface area contributed by atoms with Crippen molar-refractivity contribution in [2.75, 3.05) is 13.1 Å². The zero-order valence-corrected chi connectivity index (χ0v) is 20.5. The Balaban J connectivity index is 1.55. The van der Waals surface area contributed by atoms with Gasteiger partial charge in [0, 0.05) is 26.4 Å². The molecule has 0 saturated carbocycles. The normalized spacial score (nSPS) is 17.2. The van der Waals surface area contributed by atoms with Gasteiger partial charge in [0.15, 0.2) is 0 Å². The summed E-state index contributed by atoms with van der Waals surface area (Å²) in [5.74, 6) is -2.01. The van der Waals surface area contributed by atoms with Crippen molar-refractivity contribution in [2.45, 2.75) is 44.2 Å². The van der Waals surface area contributed by atoms with Crippen molar-refractivity contribution >= 4 is 17.8 Å². The molecule has 186 valence electrons. The molecule has 36 heavy (non-hydrogen) atoms. The summed E-state index contributed by atoms with van der Waals surface area (Å²) in [5, 5.41) is 10.0. The molecule has 0 aromatic heterocycles. The SMILES string of the molecule is CC(=O)N(CCCc1ccccc1)[C@H]1C[C@@H](C(=O)O)N(C(=O)C(c2ccccc2)c2ccccc2)C1. The summed E-state index contributed by atoms with van der Waals surface area (Å²) in [6.07, 6.45) is 1.82. The van der Waals surface area contributed by atoms with E-state index in [1.54, 1.807) is 4.90 Å². The van der Waals surface area contributed by atoms with Crippen molar-refractivity contribution in [3.05, 3.63) is 108 Å². The molecule has 1 aliphatic rings. The number of carbonyl (C=O) groups is 3. The highest BCUT2D eigenvalue weighted by atomic mass is 16.4. The van der Waals surface area contributed by atoms with E-state index in [4.69, 9.17) is 0 Å². The van der Waals surface area contributed by atoms with Crippen LogP contribution in [0.1, 0.15) is 42.4 Å². The van der Waals surface area contributed by atoms with Gasteiger partial charge < -0.3 is 14.9 Å². The number of carboxylic acids is 1. The fraction of sp³-hybridized carbons (Fsp3) is 0.300. The molecular formula is C30H32N2O4. The lowest BCUT2D eigenvalue weighted by atomic mass is 9.90. The fourth-order valence-electron chi connectivity index (χ4n) is 5.15. The molecule has 3 aromatic rings. The van der Waals surface area contributed by atoms with E-state index in [1.165, 1.54) is 17.4 Å². The minimum atomic E-state index is -1.04. The lowest BCUT2D eigenvalue weighted by molar-refractivity contribution is -0.148. The molecule has 0 unspecified atom stereocenters. The monoisotopic (exact) mass is 484 g/mol. The molecule has 0 radical (unpaired) electrons. The van der Waals surface area contributed by atoms with Crippen molar-refractivity contribution in [1.82, 2.24) is 9.80 Å². The Labute approximate surface area is 212 Å². The van der Waals surface area contributed by atoms with Gasteiger partial charge in [0.1, 0.15) is 6.04 Å². The summed E-state index contributed by atoms with van der Waals surface area (Å²) >= 11 is 0. The molecule has 1 N–H and O–H groups in total. The molecule has 0 spiro atoms. The smallest absolute Gasteiger partial charge is 0.326 e. The molecule has 3 aromatic carbocycles. The van der Waals surface area contributed by atoms with Gasteiger partial charge in [-0.25, -0.2) is 4.79 Å². The molecule has 1 fully saturated rings. The lowest BCUT2D eigenvalue weighted by Crippen LogP contribution is -2.44. The van der Waals surface area contributed by atoms with Crippen LogP contribution in [0.5, 0.6) is 0 Å². The summed E-state index contributed by atoms with van der Waals surface area (Å²) in [6, 6.07) is 27.6. The van der Waals surface area contributed by atoms with Gasteiger partial charge in [-0.2, -0.15) is 0 Å². The molecular weight excluding hydrogens is 452 g/mol. The van der Waals surface area contributed by atoms with Crippen LogP contribution >= 0.6 is 0 Å². The Morgan fingerprint density at radius 2 is 1.42 bits per heavy atom. The Hall–Kier alpha value is -3.93. The van der Waals surface area contributed by atoms with Crippen molar-refractivity contribution in [1.29, 1.82) is 0 Å². The zero-order valence-electron chi connectivity index (χ0n) is 20.5. The largest absolute Gasteiger partial charge is 0.480 e. The second-order valence-corrected chi connectivity index (χ2v) is 9.29. The number of rotatable bonds is 9. The maximum atomic E-state index is 14.0. The number of aliphatic carboxylic acids is 1. The van der Waals surface area contributed by atoms with Crippen molar-refractivity contribution < 1.29 is 19.5 Å². The average Bonchev–Trinajstić information content (AvgIpc) is 3.34. The quantitative estimate of drug-likeness (QED) is 0.490. The number of benzene rings is 3. The minimum Gasteiger partial charge on any atom is -0.480 e. The Bertz CT molecular complexity index is 1130. The van der Waals surface area contributed by atoms with Gasteiger partial charge in [-0.15, -0.1) is 0 Å². The van der Waals surface area contributed by atoms with Crippen LogP contribution in [-0.2, 0) is 20.8 Å². The van der Waals surface area contributed by atoms with Gasteiger partial charge in [0.05, 0.1) is 12.0 Å². The number of carboxylic acid groups (broad SMARTS) is 1. The Kier molecular flexibility index (Phi) is 8.16. The maximum Gasteiger partial charge on any atom is 0.326 e. The van der Waals surface area contributed by atoms with Gasteiger partial charge in [0.25, 0.3) is 0 Å². The number of aryl methyl sites for hydroxylation is 1. The van der Waals surface area contributed by atoms with E-state index in [-0.39, 0.29) is 30.8 Å². The van der Waals surface area contributed by atoms with Gasteiger partial charge in [-0.3, -0.25) is 9.59 Å². The maximum absolute atomic E-state index is 14.0. The van der Waals surface area contributed by atoms with Crippen molar-refractivity contribution in [3.63, 3.8) is 0 Å². The second-order valence-electron chi connectivity index (χ2n) is 9.29. The van der Waals surface area contributed by atoms with Crippen LogP contribution in [0, 0.1) is 0 Å². The van der Waals surface area contributed by atoms with Crippen LogP contribution in [0.15, 0.2) is 91.0 Å². The van der Waals surface area contributed by atoms with Crippen LogP contribution in [0.3, 0.4) is 0 Å². The van der Waals surface area contributed by atoms with Crippen LogP contribution in [0.2, 0.25) is 0 Å². The van der Waals surface area contributed by atoms with Crippen molar-refractivity contribution in [3.8, 4) is 0 Å². The third kappa shape index (κ3) is 5.82. The summed E-state index contributed by atoms with van der Waals surface area (Å²) in [6.45, 7) is 2.24. The molecule has 1 heterocycles. The van der Waals surface area contributed by atoms with Gasteiger partial charge in [-0.05, 0) is 29.5 Å². The molecule has 2 atom stereocenters. The Morgan fingerprint density at radius 3 is 1.92 bits per heavy atom. The Morgan fingerprint density at radius 1 is 0.889 bits per heavy atom. The first-order valence-electron chi connectivity index (χ1n) is 12.4. The van der Waals surface area contributed by atoms with E-state index in [0.29, 0.717) is 6.54 Å². The average molecular weight is 485 g/mol. The zero-order chi connectivity index (χ0) is 25.5. The highest BCUT2D eigenvalue weighted by molar-refractivity contribution is 5.91. The third-order valence-corrected chi connectivity index (χ3v) is 6.91. The van der Waals surface area contributed by atoms with Crippen molar-refractivity contribution in [2.24, 2.45) is 0 Å². The highest BCUT2D eigenvalue weighted by Gasteiger charge is 2.44. The number of likely N-dealkylation sites (tertiary alicyclic amines) is 1. The standard InChI is InChI=1S/C30H32N2O4/c1-22(33)31(19-11-14-23-12-5-2-6-13-23)26-20-27(30(35)36)32(21-26)29(34)28(24-15-7-3-8-16-24)25-17-9-4-10-18-25/h2-10,12-13,15-18,26-28H,11,14,19-21H2,1H3,(H,35,36)/t26-,27-/m0/s1. The summed E-state index contributed by atoms with van der Waals surface area (Å²) < 4.78 is 0. The summed E-state index contributed by atoms with van der Waals surface area (Å²) in [4.78, 5) is 42.0. The van der Waals surface area contributed by atoms with E-state index >= 15 is 0 Å². The summed E-state index contributed by atoms with van der Waals surface area (Å²) in [5.41, 5.74) is 2.82. The number of hydrogen-bond acceptors (Lipinski definition) is 3. The predicted octanol–water partition coefficient (Wildman–Crippen LogP) is 4.35. The van der Waals surface area contributed by atoms with Crippen LogP contribution in [0.4, 0.5) is 0 Å². The number of nitrogens with zero attached hydrogens (tertiary/aromatic N) is 2. The van der Waals surface area contributed by atoms with E-state index in [0.717, 1.165) is 24.0 Å². The molecule has 6 nitrogen and oxygen atoms in total. The molecule has 1 saturated heterocycles. The first kappa shape index (κ1) is 25.2. The lowest BCUT2D eigenvalue weighted by Gasteiger charge is -2.29. The van der Waals surface area contributed by atoms with Gasteiger partial charge >= 0.3 is 5.97 Å². The molecule has 4 rings (SSSR count). The van der Waals surface area contributed by atoms with E-state index < -0.39 is 17.9 Å². The first-order valence-corrected chi connectivity index (χ1v) is 12.4. The van der Waals surface area contributed by atoms with E-state index in [1.807, 2.05) is 78.9 Å². The molecule has 0 aliphatic carbocycles. The third-order valence-electron chi connectivity index (χ3n) is 6.91. The van der Waals surface area contributed by atoms with Crippen LogP contribution in [0.25, 0.3) is 0 Å². The minimum absolute atomic E-state index is 0.103. The topological polar surface area (TPSA) is 77.9 Å². The number of hydrogen-bond donors (Lipinski definition) is 1. The molecule has 6 heteroatoms. The van der Waals surface area contributed by atoms with Crippen LogP contribution in [-0.4, -0.2) is 57.9 Å². The predicted molar refractivity (Wildman–Crippen MR) is 138 cm³/mol. The second kappa shape index (κ2) is 11.7. The molecule has 0 bridgehead atoms. The molecule has 1 aliphatic heterocycles. The fourth-order valence-corrected chi connectivity index (χ4v) is 5.15. The van der Waals surface area contributed by atoms with E-state index in [9.17, 15) is 19.5 Å². The highest BCUT2D eigenvalue weighted by Crippen LogP contribution is 2.32. The van der Waals surface area contributed by atoms with Gasteiger partial charge in [0.2, 0.25) is 11.8 Å².